The second kappa shape index (κ2) is 6.36. The van der Waals surface area contributed by atoms with Crippen molar-refractivity contribution in [1.82, 2.24) is 4.31 Å². The van der Waals surface area contributed by atoms with Gasteiger partial charge >= 0.3 is 0 Å². The fourth-order valence-electron chi connectivity index (χ4n) is 2.81. The van der Waals surface area contributed by atoms with Crippen LogP contribution in [-0.4, -0.2) is 37.6 Å². The van der Waals surface area contributed by atoms with Crippen LogP contribution < -0.4 is 5.73 Å². The zero-order valence-corrected chi connectivity index (χ0v) is 11.8. The first-order chi connectivity index (χ1) is 7.58. The number of nitrogens with zero attached hydrogens (tertiary/aromatic N) is 1. The van der Waals surface area contributed by atoms with Crippen LogP contribution in [0.2, 0.25) is 0 Å². The maximum atomic E-state index is 12.2. The average Bonchev–Trinajstić information content (AvgIpc) is 2.70. The molecule has 0 aromatic heterocycles. The Hall–Kier alpha value is 0.160. The van der Waals surface area contributed by atoms with Crippen LogP contribution in [0.5, 0.6) is 0 Å². The summed E-state index contributed by atoms with van der Waals surface area (Å²) in [6.07, 6.45) is 6.41. The molecule has 1 aliphatic carbocycles. The number of hydrogen-bond donors (Lipinski definition) is 1. The van der Waals surface area contributed by atoms with Gasteiger partial charge in [0.05, 0.1) is 5.75 Å². The number of nitrogens with two attached hydrogens (primary N) is 1. The highest BCUT2D eigenvalue weighted by atomic mass is 35.5. The summed E-state index contributed by atoms with van der Waals surface area (Å²) in [5.41, 5.74) is 5.82. The van der Waals surface area contributed by atoms with Gasteiger partial charge < -0.3 is 5.73 Å². The Kier molecular flexibility index (Phi) is 5.70. The molecule has 102 valence electrons. The second-order valence-electron chi connectivity index (χ2n) is 5.19. The highest BCUT2D eigenvalue weighted by molar-refractivity contribution is 7.89. The summed E-state index contributed by atoms with van der Waals surface area (Å²) < 4.78 is 25.9. The first-order valence-corrected chi connectivity index (χ1v) is 7.92. The second-order valence-corrected chi connectivity index (χ2v) is 7.20. The molecule has 1 saturated carbocycles. The summed E-state index contributed by atoms with van der Waals surface area (Å²) in [6, 6.07) is 0.0344. The molecule has 0 spiro atoms. The first kappa shape index (κ1) is 15.2. The average molecular weight is 283 g/mol. The van der Waals surface area contributed by atoms with Gasteiger partial charge in [0, 0.05) is 19.1 Å². The summed E-state index contributed by atoms with van der Waals surface area (Å²) in [4.78, 5) is 0. The molecule has 4 nitrogen and oxygen atoms in total. The van der Waals surface area contributed by atoms with Crippen molar-refractivity contribution in [1.29, 1.82) is 0 Å². The topological polar surface area (TPSA) is 63.4 Å². The summed E-state index contributed by atoms with van der Waals surface area (Å²) in [6.45, 7) is 1.19. The Morgan fingerprint density at radius 1 is 1.12 bits per heavy atom. The van der Waals surface area contributed by atoms with E-state index in [2.05, 4.69) is 0 Å². The van der Waals surface area contributed by atoms with Crippen LogP contribution in [0.4, 0.5) is 0 Å². The predicted molar refractivity (Wildman–Crippen MR) is 71.8 cm³/mol. The molecule has 0 amide bonds. The van der Waals surface area contributed by atoms with E-state index in [1.54, 1.807) is 4.31 Å². The third-order valence-electron chi connectivity index (χ3n) is 3.74. The van der Waals surface area contributed by atoms with Crippen molar-refractivity contribution in [3.05, 3.63) is 0 Å². The number of hydrogen-bond acceptors (Lipinski definition) is 3. The van der Waals surface area contributed by atoms with E-state index >= 15 is 0 Å². The lowest BCUT2D eigenvalue weighted by atomic mass is 10.1. The largest absolute Gasteiger partial charge is 0.327 e. The Morgan fingerprint density at radius 2 is 1.76 bits per heavy atom. The molecule has 6 heteroatoms. The van der Waals surface area contributed by atoms with Gasteiger partial charge in [-0.25, -0.2) is 12.7 Å². The summed E-state index contributed by atoms with van der Waals surface area (Å²) in [5, 5.41) is 0. The number of rotatable bonds is 3. The molecule has 0 bridgehead atoms. The number of sulfonamides is 1. The van der Waals surface area contributed by atoms with Crippen LogP contribution in [0.15, 0.2) is 0 Å². The lowest BCUT2D eigenvalue weighted by molar-refractivity contribution is 0.314. The molecule has 1 heterocycles. The van der Waals surface area contributed by atoms with Gasteiger partial charge in [-0.2, -0.15) is 0 Å². The molecule has 2 aliphatic rings. The Bertz CT molecular complexity index is 328. The molecule has 17 heavy (non-hydrogen) atoms. The molecule has 2 rings (SSSR count). The van der Waals surface area contributed by atoms with Crippen molar-refractivity contribution in [2.24, 2.45) is 11.7 Å². The smallest absolute Gasteiger partial charge is 0.214 e. The molecule has 2 N–H and O–H groups in total. The zero-order valence-electron chi connectivity index (χ0n) is 10.2. The van der Waals surface area contributed by atoms with Gasteiger partial charge in [0.1, 0.15) is 0 Å². The van der Waals surface area contributed by atoms with Crippen molar-refractivity contribution in [2.75, 3.05) is 18.8 Å². The Morgan fingerprint density at radius 3 is 2.35 bits per heavy atom. The molecular weight excluding hydrogens is 260 g/mol. The lowest BCUT2D eigenvalue weighted by Gasteiger charge is -2.30. The monoisotopic (exact) mass is 282 g/mol. The van der Waals surface area contributed by atoms with E-state index in [0.29, 0.717) is 24.8 Å². The van der Waals surface area contributed by atoms with E-state index in [4.69, 9.17) is 5.73 Å². The number of piperidine rings is 1. The Labute approximate surface area is 110 Å². The van der Waals surface area contributed by atoms with Gasteiger partial charge in [-0.15, -0.1) is 12.4 Å². The van der Waals surface area contributed by atoms with E-state index < -0.39 is 10.0 Å². The standard InChI is InChI=1S/C11H22N2O2S.ClH/c12-11-6-3-7-13(8-11)16(14,15)9-10-4-1-2-5-10;/h10-11H,1-9,12H2;1H. The van der Waals surface area contributed by atoms with E-state index in [1.165, 1.54) is 12.8 Å². The highest BCUT2D eigenvalue weighted by Gasteiger charge is 2.30. The predicted octanol–water partition coefficient (Wildman–Crippen LogP) is 1.35. The summed E-state index contributed by atoms with van der Waals surface area (Å²) in [5.74, 6) is 0.739. The van der Waals surface area contributed by atoms with E-state index in [0.717, 1.165) is 25.7 Å². The van der Waals surface area contributed by atoms with Gasteiger partial charge in [0.25, 0.3) is 0 Å². The molecule has 1 atom stereocenters. The molecule has 0 radical (unpaired) electrons. The van der Waals surface area contributed by atoms with Crippen molar-refractivity contribution in [3.63, 3.8) is 0 Å². The van der Waals surface area contributed by atoms with Crippen LogP contribution in [0.25, 0.3) is 0 Å². The minimum absolute atomic E-state index is 0. The molecule has 1 unspecified atom stereocenters. The van der Waals surface area contributed by atoms with E-state index in [-0.39, 0.29) is 18.4 Å². The zero-order chi connectivity index (χ0) is 11.6. The summed E-state index contributed by atoms with van der Waals surface area (Å²) in [7, 11) is -3.05. The van der Waals surface area contributed by atoms with Crippen LogP contribution in [0.1, 0.15) is 38.5 Å². The maximum absolute atomic E-state index is 12.2. The molecule has 0 aromatic rings. The van der Waals surface area contributed by atoms with E-state index in [1.807, 2.05) is 0 Å². The lowest BCUT2D eigenvalue weighted by Crippen LogP contribution is -2.47. The molecule has 1 saturated heterocycles. The fourth-order valence-corrected chi connectivity index (χ4v) is 4.77. The minimum atomic E-state index is -3.05. The van der Waals surface area contributed by atoms with Crippen molar-refractivity contribution >= 4 is 22.4 Å². The van der Waals surface area contributed by atoms with E-state index in [9.17, 15) is 8.42 Å². The van der Waals surface area contributed by atoms with Crippen LogP contribution in [0.3, 0.4) is 0 Å². The van der Waals surface area contributed by atoms with Gasteiger partial charge in [-0.3, -0.25) is 0 Å². The molecule has 0 aromatic carbocycles. The van der Waals surface area contributed by atoms with Crippen LogP contribution in [0, 0.1) is 5.92 Å². The van der Waals surface area contributed by atoms with Gasteiger partial charge in [-0.1, -0.05) is 12.8 Å². The summed E-state index contributed by atoms with van der Waals surface area (Å²) >= 11 is 0. The third kappa shape index (κ3) is 4.09. The van der Waals surface area contributed by atoms with Crippen LogP contribution in [-0.2, 0) is 10.0 Å². The molecule has 2 fully saturated rings. The number of halogens is 1. The Balaban J connectivity index is 0.00000144. The maximum Gasteiger partial charge on any atom is 0.214 e. The van der Waals surface area contributed by atoms with Crippen molar-refractivity contribution in [3.8, 4) is 0 Å². The van der Waals surface area contributed by atoms with Gasteiger partial charge in [0.2, 0.25) is 10.0 Å². The fraction of sp³-hybridized carbons (Fsp3) is 1.00. The quantitative estimate of drug-likeness (QED) is 0.850. The van der Waals surface area contributed by atoms with Crippen LogP contribution >= 0.6 is 12.4 Å². The van der Waals surface area contributed by atoms with Gasteiger partial charge in [-0.05, 0) is 31.6 Å². The minimum Gasteiger partial charge on any atom is -0.327 e. The SMILES string of the molecule is Cl.NC1CCCN(S(=O)(=O)CC2CCCC2)C1. The van der Waals surface area contributed by atoms with Gasteiger partial charge in [0.15, 0.2) is 0 Å². The van der Waals surface area contributed by atoms with Crippen molar-refractivity contribution in [2.45, 2.75) is 44.6 Å². The highest BCUT2D eigenvalue weighted by Crippen LogP contribution is 2.27. The normalized spacial score (nSPS) is 27.9. The van der Waals surface area contributed by atoms with Crippen molar-refractivity contribution < 1.29 is 8.42 Å². The first-order valence-electron chi connectivity index (χ1n) is 6.31. The molecule has 1 aliphatic heterocycles. The third-order valence-corrected chi connectivity index (χ3v) is 5.75. The molecular formula is C11H23ClN2O2S.